The number of alkyl halides is 2. The van der Waals surface area contributed by atoms with Crippen molar-refractivity contribution in [2.45, 2.75) is 13.3 Å². The lowest BCUT2D eigenvalue weighted by Gasteiger charge is -2.10. The zero-order valence-electron chi connectivity index (χ0n) is 9.17. The number of rotatable bonds is 3. The Morgan fingerprint density at radius 3 is 2.82 bits per heavy atom. The first-order valence-corrected chi connectivity index (χ1v) is 5.16. The zero-order chi connectivity index (χ0) is 12.4. The van der Waals surface area contributed by atoms with E-state index in [1.165, 1.54) is 12.1 Å². The Balaban J connectivity index is 2.50. The molecule has 0 spiro atoms. The first-order valence-electron chi connectivity index (χ1n) is 5.16. The van der Waals surface area contributed by atoms with Gasteiger partial charge in [-0.2, -0.15) is 0 Å². The second-order valence-corrected chi connectivity index (χ2v) is 3.72. The number of hydrogen-bond acceptors (Lipinski definition) is 2. The second-order valence-electron chi connectivity index (χ2n) is 3.72. The van der Waals surface area contributed by atoms with Gasteiger partial charge in [-0.15, -0.1) is 0 Å². The number of fused-ring (bicyclic) bond motifs is 1. The van der Waals surface area contributed by atoms with Crippen LogP contribution in [0.3, 0.4) is 0 Å². The molecule has 0 atom stereocenters. The van der Waals surface area contributed by atoms with Gasteiger partial charge in [0.05, 0.1) is 6.54 Å². The van der Waals surface area contributed by atoms with Gasteiger partial charge in [-0.25, -0.2) is 18.2 Å². The largest absolute Gasteiger partial charge is 0.379 e. The van der Waals surface area contributed by atoms with Gasteiger partial charge in [0.15, 0.2) is 0 Å². The Morgan fingerprint density at radius 1 is 1.35 bits per heavy atom. The van der Waals surface area contributed by atoms with Gasteiger partial charge in [0.25, 0.3) is 6.43 Å². The number of anilines is 1. The molecule has 0 fully saturated rings. The molecule has 0 aliphatic carbocycles. The smallest absolute Gasteiger partial charge is 0.255 e. The molecule has 0 aliphatic heterocycles. The summed E-state index contributed by atoms with van der Waals surface area (Å²) in [6, 6.07) is 6.11. The lowest BCUT2D eigenvalue weighted by molar-refractivity contribution is 0.163. The van der Waals surface area contributed by atoms with Crippen LogP contribution in [0.2, 0.25) is 0 Å². The van der Waals surface area contributed by atoms with Crippen molar-refractivity contribution in [1.29, 1.82) is 0 Å². The van der Waals surface area contributed by atoms with Gasteiger partial charge in [-0.1, -0.05) is 12.1 Å². The minimum absolute atomic E-state index is 0.198. The molecule has 90 valence electrons. The number of benzene rings is 1. The fraction of sp³-hybridized carbons (Fsp3) is 0.250. The topological polar surface area (TPSA) is 24.9 Å². The van der Waals surface area contributed by atoms with Gasteiger partial charge in [0.2, 0.25) is 0 Å². The Bertz CT molecular complexity index is 541. The second kappa shape index (κ2) is 4.61. The van der Waals surface area contributed by atoms with Gasteiger partial charge >= 0.3 is 0 Å². The van der Waals surface area contributed by atoms with Crippen molar-refractivity contribution in [2.24, 2.45) is 0 Å². The third-order valence-electron chi connectivity index (χ3n) is 2.37. The molecule has 1 N–H and O–H groups in total. The van der Waals surface area contributed by atoms with Crippen LogP contribution in [0.15, 0.2) is 24.3 Å². The summed E-state index contributed by atoms with van der Waals surface area (Å²) in [5, 5.41) is 3.11. The van der Waals surface area contributed by atoms with Gasteiger partial charge in [0.1, 0.15) is 11.3 Å². The van der Waals surface area contributed by atoms with Crippen molar-refractivity contribution < 1.29 is 13.2 Å². The van der Waals surface area contributed by atoms with E-state index in [4.69, 9.17) is 0 Å². The molecule has 0 saturated carbocycles. The average Bonchev–Trinajstić information content (AvgIpc) is 2.27. The summed E-state index contributed by atoms with van der Waals surface area (Å²) in [6.07, 6.45) is -2.45. The maximum atomic E-state index is 13.5. The van der Waals surface area contributed by atoms with Crippen LogP contribution >= 0.6 is 0 Å². The van der Waals surface area contributed by atoms with Crippen LogP contribution in [-0.2, 0) is 0 Å². The third kappa shape index (κ3) is 2.49. The zero-order valence-corrected chi connectivity index (χ0v) is 9.17. The van der Waals surface area contributed by atoms with Crippen molar-refractivity contribution in [3.05, 3.63) is 35.8 Å². The molecular formula is C12H11F3N2. The summed E-state index contributed by atoms with van der Waals surface area (Å²) < 4.78 is 37.8. The Hall–Kier alpha value is -1.78. The van der Waals surface area contributed by atoms with Crippen molar-refractivity contribution in [3.8, 4) is 0 Å². The van der Waals surface area contributed by atoms with E-state index in [0.717, 1.165) is 0 Å². The first kappa shape index (κ1) is 11.7. The highest BCUT2D eigenvalue weighted by Crippen LogP contribution is 2.25. The highest BCUT2D eigenvalue weighted by Gasteiger charge is 2.09. The van der Waals surface area contributed by atoms with Crippen LogP contribution < -0.4 is 5.32 Å². The molecule has 1 heterocycles. The van der Waals surface area contributed by atoms with Gasteiger partial charge in [0, 0.05) is 16.8 Å². The third-order valence-corrected chi connectivity index (χ3v) is 2.37. The van der Waals surface area contributed by atoms with E-state index in [9.17, 15) is 13.2 Å². The summed E-state index contributed by atoms with van der Waals surface area (Å²) in [7, 11) is 0. The normalized spacial score (nSPS) is 11.1. The van der Waals surface area contributed by atoms with Crippen molar-refractivity contribution in [2.75, 3.05) is 11.9 Å². The molecule has 5 heteroatoms. The molecule has 2 nitrogen and oxygen atoms in total. The fourth-order valence-corrected chi connectivity index (χ4v) is 1.67. The van der Waals surface area contributed by atoms with Gasteiger partial charge < -0.3 is 5.32 Å². The number of pyridine rings is 1. The Kier molecular flexibility index (Phi) is 3.17. The minimum atomic E-state index is -2.45. The number of nitrogens with one attached hydrogen (secondary N) is 1. The molecule has 1 aromatic carbocycles. The summed E-state index contributed by atoms with van der Waals surface area (Å²) in [4.78, 5) is 4.06. The van der Waals surface area contributed by atoms with Crippen molar-refractivity contribution >= 4 is 16.6 Å². The minimum Gasteiger partial charge on any atom is -0.379 e. The summed E-state index contributed by atoms with van der Waals surface area (Å²) in [5.41, 5.74) is 1.26. The van der Waals surface area contributed by atoms with Crippen LogP contribution in [-0.4, -0.2) is 18.0 Å². The molecule has 0 radical (unpaired) electrons. The van der Waals surface area contributed by atoms with Gasteiger partial charge in [-0.3, -0.25) is 0 Å². The quantitative estimate of drug-likeness (QED) is 0.889. The molecule has 2 rings (SSSR count). The van der Waals surface area contributed by atoms with E-state index >= 15 is 0 Å². The number of aromatic nitrogens is 1. The van der Waals surface area contributed by atoms with Crippen molar-refractivity contribution in [3.63, 3.8) is 0 Å². The summed E-state index contributed by atoms with van der Waals surface area (Å²) in [6.45, 7) is 1.23. The standard InChI is InChI=1S/C12H11F3N2/c1-7-5-10(16-6-11(14)15)8-3-2-4-9(13)12(8)17-7/h2-5,11H,6H2,1H3,(H,16,17). The van der Waals surface area contributed by atoms with Crippen LogP contribution in [0.4, 0.5) is 18.9 Å². The van der Waals surface area contributed by atoms with Crippen molar-refractivity contribution in [1.82, 2.24) is 4.98 Å². The predicted octanol–water partition coefficient (Wildman–Crippen LogP) is 3.36. The highest BCUT2D eigenvalue weighted by atomic mass is 19.3. The Morgan fingerprint density at radius 2 is 2.12 bits per heavy atom. The molecule has 17 heavy (non-hydrogen) atoms. The van der Waals surface area contributed by atoms with E-state index in [2.05, 4.69) is 10.3 Å². The number of halogens is 3. The Labute approximate surface area is 96.5 Å². The lowest BCUT2D eigenvalue weighted by Crippen LogP contribution is -2.11. The van der Waals surface area contributed by atoms with Crippen LogP contribution in [0.25, 0.3) is 10.9 Å². The maximum Gasteiger partial charge on any atom is 0.255 e. The SMILES string of the molecule is Cc1cc(NCC(F)F)c2cccc(F)c2n1. The molecule has 0 aliphatic rings. The van der Waals surface area contributed by atoms with E-state index in [-0.39, 0.29) is 5.52 Å². The molecule has 1 aromatic heterocycles. The van der Waals surface area contributed by atoms with E-state index < -0.39 is 18.8 Å². The molecular weight excluding hydrogens is 229 g/mol. The van der Waals surface area contributed by atoms with Crippen LogP contribution in [0.1, 0.15) is 5.69 Å². The monoisotopic (exact) mass is 240 g/mol. The van der Waals surface area contributed by atoms with Crippen LogP contribution in [0, 0.1) is 12.7 Å². The molecule has 0 amide bonds. The average molecular weight is 240 g/mol. The number of hydrogen-bond donors (Lipinski definition) is 1. The lowest BCUT2D eigenvalue weighted by atomic mass is 10.1. The molecule has 0 unspecified atom stereocenters. The highest BCUT2D eigenvalue weighted by molar-refractivity contribution is 5.91. The molecule has 0 bridgehead atoms. The van der Waals surface area contributed by atoms with E-state index in [1.54, 1.807) is 19.1 Å². The van der Waals surface area contributed by atoms with Crippen LogP contribution in [0.5, 0.6) is 0 Å². The van der Waals surface area contributed by atoms with E-state index in [0.29, 0.717) is 16.8 Å². The number of para-hydroxylation sites is 1. The summed E-state index contributed by atoms with van der Waals surface area (Å²) >= 11 is 0. The van der Waals surface area contributed by atoms with E-state index in [1.807, 2.05) is 0 Å². The first-order chi connectivity index (χ1) is 8.08. The summed E-state index contributed by atoms with van der Waals surface area (Å²) in [5.74, 6) is -0.453. The fourth-order valence-electron chi connectivity index (χ4n) is 1.67. The van der Waals surface area contributed by atoms with Gasteiger partial charge in [-0.05, 0) is 19.1 Å². The number of nitrogens with zero attached hydrogens (tertiary/aromatic N) is 1. The number of aryl methyl sites for hydroxylation is 1. The predicted molar refractivity (Wildman–Crippen MR) is 60.9 cm³/mol. The molecule has 0 saturated heterocycles. The molecule has 2 aromatic rings. The maximum absolute atomic E-state index is 13.5.